The van der Waals surface area contributed by atoms with E-state index in [-0.39, 0.29) is 12.4 Å². The molecule has 0 spiro atoms. The Balaban J connectivity index is 2.47. The molecular formula is C14H20F2N2O3. The van der Waals surface area contributed by atoms with Gasteiger partial charge >= 0.3 is 6.09 Å². The van der Waals surface area contributed by atoms with Crippen molar-refractivity contribution in [3.8, 4) is 5.88 Å². The Morgan fingerprint density at radius 3 is 2.81 bits per heavy atom. The van der Waals surface area contributed by atoms with Gasteiger partial charge in [-0.1, -0.05) is 0 Å². The van der Waals surface area contributed by atoms with Crippen LogP contribution in [0.1, 0.15) is 26.3 Å². The molecule has 1 amide bonds. The molecule has 0 saturated carbocycles. The van der Waals surface area contributed by atoms with Crippen LogP contribution in [0, 0.1) is 0 Å². The Morgan fingerprint density at radius 2 is 2.19 bits per heavy atom. The minimum Gasteiger partial charge on any atom is -0.474 e. The van der Waals surface area contributed by atoms with Gasteiger partial charge in [-0.05, 0) is 32.4 Å². The van der Waals surface area contributed by atoms with Gasteiger partial charge in [0.05, 0.1) is 0 Å². The second-order valence-corrected chi connectivity index (χ2v) is 5.42. The molecule has 7 heteroatoms. The molecular weight excluding hydrogens is 282 g/mol. The number of amides is 1. The second kappa shape index (κ2) is 7.75. The van der Waals surface area contributed by atoms with Crippen LogP contribution in [-0.4, -0.2) is 36.1 Å². The van der Waals surface area contributed by atoms with Crippen LogP contribution in [0.5, 0.6) is 5.88 Å². The van der Waals surface area contributed by atoms with Gasteiger partial charge in [0.2, 0.25) is 5.88 Å². The van der Waals surface area contributed by atoms with E-state index in [2.05, 4.69) is 10.3 Å². The Labute approximate surface area is 122 Å². The Bertz CT molecular complexity index is 464. The average Bonchev–Trinajstić information content (AvgIpc) is 2.41. The highest BCUT2D eigenvalue weighted by molar-refractivity contribution is 5.67. The zero-order valence-electron chi connectivity index (χ0n) is 12.4. The molecule has 5 nitrogen and oxygen atoms in total. The number of nitrogens with one attached hydrogen (secondary N) is 1. The summed E-state index contributed by atoms with van der Waals surface area (Å²) in [6.45, 7) is 4.03. The van der Waals surface area contributed by atoms with E-state index in [1.54, 1.807) is 32.9 Å². The highest BCUT2D eigenvalue weighted by Crippen LogP contribution is 2.11. The lowest BCUT2D eigenvalue weighted by molar-refractivity contribution is 0.0523. The molecule has 1 atom stereocenters. The van der Waals surface area contributed by atoms with Gasteiger partial charge in [-0.3, -0.25) is 0 Å². The number of rotatable bonds is 6. The molecule has 0 saturated heterocycles. The summed E-state index contributed by atoms with van der Waals surface area (Å²) in [5, 5.41) is 2.58. The number of carbonyl (C=O) groups excluding carboxylic acids is 1. The number of halogens is 2. The Hall–Kier alpha value is -1.92. The van der Waals surface area contributed by atoms with Gasteiger partial charge in [-0.15, -0.1) is 0 Å². The Kier molecular flexibility index (Phi) is 6.33. The first-order chi connectivity index (χ1) is 9.80. The quantitative estimate of drug-likeness (QED) is 0.878. The average molecular weight is 302 g/mol. The number of nitrogens with zero attached hydrogens (tertiary/aromatic N) is 1. The predicted molar refractivity (Wildman–Crippen MR) is 73.7 cm³/mol. The van der Waals surface area contributed by atoms with Gasteiger partial charge in [-0.25, -0.2) is 18.6 Å². The summed E-state index contributed by atoms with van der Waals surface area (Å²) >= 11 is 0. The second-order valence-electron chi connectivity index (χ2n) is 5.42. The Morgan fingerprint density at radius 1 is 1.48 bits per heavy atom. The van der Waals surface area contributed by atoms with Crippen molar-refractivity contribution < 1.29 is 23.0 Å². The summed E-state index contributed by atoms with van der Waals surface area (Å²) in [6.07, 6.45) is -0.747. The standard InChI is InChI=1S/C14H20F2N2O3/c1-14(2,3)21-13(19)18-8-10-4-5-17-12(6-10)20-9-11(16)7-15/h4-6,11H,7-9H2,1-3H3,(H,18,19). The molecule has 1 heterocycles. The molecule has 21 heavy (non-hydrogen) atoms. The molecule has 1 rings (SSSR count). The van der Waals surface area contributed by atoms with Crippen LogP contribution < -0.4 is 10.1 Å². The molecule has 1 aromatic heterocycles. The summed E-state index contributed by atoms with van der Waals surface area (Å²) in [4.78, 5) is 15.4. The molecule has 0 aliphatic rings. The van der Waals surface area contributed by atoms with Crippen LogP contribution in [0.4, 0.5) is 13.6 Å². The molecule has 1 unspecified atom stereocenters. The molecule has 0 radical (unpaired) electrons. The number of alkyl halides is 2. The molecule has 118 valence electrons. The summed E-state index contributed by atoms with van der Waals surface area (Å²) in [5.41, 5.74) is 0.139. The number of ether oxygens (including phenoxy) is 2. The summed E-state index contributed by atoms with van der Waals surface area (Å²) < 4.78 is 34.8. The van der Waals surface area contributed by atoms with Gasteiger partial charge in [0.1, 0.15) is 18.9 Å². The van der Waals surface area contributed by atoms with E-state index in [1.807, 2.05) is 0 Å². The molecule has 0 aliphatic carbocycles. The van der Waals surface area contributed by atoms with Gasteiger partial charge in [0.15, 0.2) is 6.17 Å². The maximum atomic E-state index is 12.7. The lowest BCUT2D eigenvalue weighted by Crippen LogP contribution is -2.32. The van der Waals surface area contributed by atoms with Gasteiger partial charge in [0, 0.05) is 18.8 Å². The SMILES string of the molecule is CC(C)(C)OC(=O)NCc1ccnc(OCC(F)CF)c1. The number of aromatic nitrogens is 1. The molecule has 0 bridgehead atoms. The van der Waals surface area contributed by atoms with Gasteiger partial charge in [0.25, 0.3) is 0 Å². The molecule has 1 N–H and O–H groups in total. The molecule has 1 aromatic rings. The van der Waals surface area contributed by atoms with E-state index in [0.717, 1.165) is 0 Å². The molecule has 0 aromatic carbocycles. The highest BCUT2D eigenvalue weighted by Gasteiger charge is 2.15. The smallest absolute Gasteiger partial charge is 0.407 e. The first-order valence-electron chi connectivity index (χ1n) is 6.55. The maximum Gasteiger partial charge on any atom is 0.407 e. The fourth-order valence-electron chi connectivity index (χ4n) is 1.35. The summed E-state index contributed by atoms with van der Waals surface area (Å²) in [5.74, 6) is 0.176. The van der Waals surface area contributed by atoms with Crippen molar-refractivity contribution in [1.82, 2.24) is 10.3 Å². The van der Waals surface area contributed by atoms with Crippen molar-refractivity contribution in [3.63, 3.8) is 0 Å². The largest absolute Gasteiger partial charge is 0.474 e. The highest BCUT2D eigenvalue weighted by atomic mass is 19.2. The zero-order valence-corrected chi connectivity index (χ0v) is 12.4. The normalized spacial score (nSPS) is 12.6. The zero-order chi connectivity index (χ0) is 15.9. The van der Waals surface area contributed by atoms with Crippen molar-refractivity contribution in [3.05, 3.63) is 23.9 Å². The minimum absolute atomic E-state index is 0.176. The minimum atomic E-state index is -1.67. The molecule has 0 aliphatic heterocycles. The van der Waals surface area contributed by atoms with Crippen molar-refractivity contribution >= 4 is 6.09 Å². The van der Waals surface area contributed by atoms with E-state index < -0.39 is 31.1 Å². The van der Waals surface area contributed by atoms with Crippen LogP contribution in [-0.2, 0) is 11.3 Å². The summed E-state index contributed by atoms with van der Waals surface area (Å²) in [6, 6.07) is 3.22. The first-order valence-corrected chi connectivity index (χ1v) is 6.55. The molecule has 0 fully saturated rings. The van der Waals surface area contributed by atoms with E-state index in [0.29, 0.717) is 5.56 Å². The van der Waals surface area contributed by atoms with Crippen LogP contribution >= 0.6 is 0 Å². The van der Waals surface area contributed by atoms with Gasteiger partial charge in [-0.2, -0.15) is 0 Å². The topological polar surface area (TPSA) is 60.5 Å². The maximum absolute atomic E-state index is 12.7. The fourth-order valence-corrected chi connectivity index (χ4v) is 1.35. The van der Waals surface area contributed by atoms with E-state index >= 15 is 0 Å². The van der Waals surface area contributed by atoms with Crippen molar-refractivity contribution in [2.75, 3.05) is 13.3 Å². The third-order valence-electron chi connectivity index (χ3n) is 2.21. The lowest BCUT2D eigenvalue weighted by Gasteiger charge is -2.19. The predicted octanol–water partition coefficient (Wildman–Crippen LogP) is 2.79. The lowest BCUT2D eigenvalue weighted by atomic mass is 10.2. The van der Waals surface area contributed by atoms with Crippen LogP contribution in [0.2, 0.25) is 0 Å². The van der Waals surface area contributed by atoms with Crippen molar-refractivity contribution in [2.45, 2.75) is 39.1 Å². The van der Waals surface area contributed by atoms with Crippen LogP contribution in [0.15, 0.2) is 18.3 Å². The number of hydrogen-bond donors (Lipinski definition) is 1. The third-order valence-corrected chi connectivity index (χ3v) is 2.21. The van der Waals surface area contributed by atoms with Crippen LogP contribution in [0.25, 0.3) is 0 Å². The number of carbonyl (C=O) groups is 1. The third kappa shape index (κ3) is 7.43. The fraction of sp³-hybridized carbons (Fsp3) is 0.571. The summed E-state index contributed by atoms with van der Waals surface area (Å²) in [7, 11) is 0. The van der Waals surface area contributed by atoms with E-state index in [9.17, 15) is 13.6 Å². The van der Waals surface area contributed by atoms with Gasteiger partial charge < -0.3 is 14.8 Å². The number of pyridine rings is 1. The van der Waals surface area contributed by atoms with E-state index in [4.69, 9.17) is 9.47 Å². The van der Waals surface area contributed by atoms with Crippen LogP contribution in [0.3, 0.4) is 0 Å². The van der Waals surface area contributed by atoms with Crippen molar-refractivity contribution in [1.29, 1.82) is 0 Å². The van der Waals surface area contributed by atoms with E-state index in [1.165, 1.54) is 6.20 Å². The number of alkyl carbamates (subject to hydrolysis) is 1. The monoisotopic (exact) mass is 302 g/mol. The van der Waals surface area contributed by atoms with Crippen molar-refractivity contribution in [2.24, 2.45) is 0 Å². The number of hydrogen-bond acceptors (Lipinski definition) is 4. The first kappa shape index (κ1) is 17.1.